The largest absolute Gasteiger partial charge is 0.380 e. The molecule has 1 heterocycles. The van der Waals surface area contributed by atoms with Gasteiger partial charge in [0.25, 0.3) is 5.76 Å². The number of hydrogen-bond donors (Lipinski definition) is 2. The molecule has 1 unspecified atom stereocenters. The predicted octanol–water partition coefficient (Wildman–Crippen LogP) is 2.78. The summed E-state index contributed by atoms with van der Waals surface area (Å²) in [6.07, 6.45) is 1.04. The minimum absolute atomic E-state index is 0.347. The summed E-state index contributed by atoms with van der Waals surface area (Å²) in [7, 11) is 0. The summed E-state index contributed by atoms with van der Waals surface area (Å²) >= 11 is 0.592. The maximum atomic E-state index is 12.3. The normalized spacial score (nSPS) is 20.3. The maximum Gasteiger partial charge on any atom is 0.288 e. The highest BCUT2D eigenvalue weighted by Gasteiger charge is 2.16. The molecule has 1 aromatic rings. The molecule has 1 aromatic carbocycles. The zero-order valence-corrected chi connectivity index (χ0v) is 9.57. The number of benzene rings is 1. The minimum Gasteiger partial charge on any atom is -0.380 e. The number of nitrogens with one attached hydrogen (secondary N) is 2. The van der Waals surface area contributed by atoms with Gasteiger partial charge in [0.2, 0.25) is 0 Å². The first-order chi connectivity index (χ1) is 7.75. The Bertz CT molecular complexity index is 341. The topological polar surface area (TPSA) is 24.1 Å². The van der Waals surface area contributed by atoms with Crippen LogP contribution in [0.1, 0.15) is 6.42 Å². The average molecular weight is 244 g/mol. The van der Waals surface area contributed by atoms with E-state index < -0.39 is 5.76 Å². The van der Waals surface area contributed by atoms with Crippen LogP contribution in [-0.2, 0) is 0 Å². The van der Waals surface area contributed by atoms with Crippen molar-refractivity contribution in [3.8, 4) is 0 Å². The standard InChI is InChI=1S/C11H14F2N2S/c12-11(13)16-10-4-2-1-3-9(10)15-8-5-6-14-7-8/h1-4,8,11,14-15H,5-7H2. The van der Waals surface area contributed by atoms with Gasteiger partial charge in [0.15, 0.2) is 0 Å². The molecule has 0 aromatic heterocycles. The molecular formula is C11H14F2N2S. The zero-order chi connectivity index (χ0) is 11.4. The first-order valence-corrected chi connectivity index (χ1v) is 6.15. The highest BCUT2D eigenvalue weighted by atomic mass is 32.2. The number of rotatable bonds is 4. The van der Waals surface area contributed by atoms with Crippen LogP contribution in [0.15, 0.2) is 29.2 Å². The van der Waals surface area contributed by atoms with Gasteiger partial charge in [0.1, 0.15) is 0 Å². The van der Waals surface area contributed by atoms with Crippen LogP contribution in [-0.4, -0.2) is 24.9 Å². The molecule has 0 amide bonds. The minimum atomic E-state index is -2.37. The van der Waals surface area contributed by atoms with Crippen molar-refractivity contribution < 1.29 is 8.78 Å². The van der Waals surface area contributed by atoms with Crippen LogP contribution in [0.5, 0.6) is 0 Å². The smallest absolute Gasteiger partial charge is 0.288 e. The van der Waals surface area contributed by atoms with Gasteiger partial charge in [-0.1, -0.05) is 23.9 Å². The summed E-state index contributed by atoms with van der Waals surface area (Å²) in [6.45, 7) is 1.88. The highest BCUT2D eigenvalue weighted by Crippen LogP contribution is 2.32. The van der Waals surface area contributed by atoms with E-state index in [1.807, 2.05) is 12.1 Å². The Labute approximate surface area is 97.8 Å². The van der Waals surface area contributed by atoms with Crippen molar-refractivity contribution in [1.29, 1.82) is 0 Å². The SMILES string of the molecule is FC(F)Sc1ccccc1NC1CCNC1. The highest BCUT2D eigenvalue weighted by molar-refractivity contribution is 7.99. The molecule has 1 atom stereocenters. The van der Waals surface area contributed by atoms with E-state index >= 15 is 0 Å². The molecule has 0 saturated carbocycles. The second-order valence-corrected chi connectivity index (χ2v) is 4.74. The quantitative estimate of drug-likeness (QED) is 0.796. The average Bonchev–Trinajstić information content (AvgIpc) is 2.73. The van der Waals surface area contributed by atoms with Crippen LogP contribution in [0.3, 0.4) is 0 Å². The van der Waals surface area contributed by atoms with Gasteiger partial charge >= 0.3 is 0 Å². The number of hydrogen-bond acceptors (Lipinski definition) is 3. The van der Waals surface area contributed by atoms with Crippen LogP contribution in [0.25, 0.3) is 0 Å². The number of anilines is 1. The Balaban J connectivity index is 2.06. The first kappa shape index (κ1) is 11.7. The van der Waals surface area contributed by atoms with Crippen molar-refractivity contribution in [3.05, 3.63) is 24.3 Å². The lowest BCUT2D eigenvalue weighted by Crippen LogP contribution is -2.22. The monoisotopic (exact) mass is 244 g/mol. The van der Waals surface area contributed by atoms with Crippen LogP contribution in [0, 0.1) is 0 Å². The molecule has 5 heteroatoms. The van der Waals surface area contributed by atoms with Crippen molar-refractivity contribution in [2.45, 2.75) is 23.1 Å². The third-order valence-electron chi connectivity index (χ3n) is 2.52. The van der Waals surface area contributed by atoms with Gasteiger partial charge in [0.05, 0.1) is 0 Å². The fourth-order valence-electron chi connectivity index (χ4n) is 1.78. The molecule has 0 radical (unpaired) electrons. The Kier molecular flexibility index (Phi) is 4.01. The third kappa shape index (κ3) is 3.09. The van der Waals surface area contributed by atoms with Gasteiger partial charge in [0, 0.05) is 23.2 Å². The molecule has 2 nitrogen and oxygen atoms in total. The van der Waals surface area contributed by atoms with Crippen LogP contribution < -0.4 is 10.6 Å². The number of thioether (sulfide) groups is 1. The molecule has 1 fully saturated rings. The van der Waals surface area contributed by atoms with E-state index in [9.17, 15) is 8.78 Å². The lowest BCUT2D eigenvalue weighted by molar-refractivity contribution is 0.252. The molecule has 0 spiro atoms. The zero-order valence-electron chi connectivity index (χ0n) is 8.75. The Hall–Kier alpha value is -0.810. The lowest BCUT2D eigenvalue weighted by Gasteiger charge is -2.15. The molecule has 2 rings (SSSR count). The van der Waals surface area contributed by atoms with Gasteiger partial charge in [-0.15, -0.1) is 0 Å². The molecule has 0 aliphatic carbocycles. The second-order valence-electron chi connectivity index (χ2n) is 3.71. The summed E-state index contributed by atoms with van der Waals surface area (Å²) in [5.74, 6) is -2.37. The van der Waals surface area contributed by atoms with Gasteiger partial charge in [-0.05, 0) is 25.1 Å². The molecule has 1 saturated heterocycles. The summed E-state index contributed by atoms with van der Waals surface area (Å²) in [6, 6.07) is 7.56. The van der Waals surface area contributed by atoms with E-state index in [1.165, 1.54) is 0 Å². The Morgan fingerprint density at radius 2 is 2.19 bits per heavy atom. The molecule has 2 N–H and O–H groups in total. The molecule has 16 heavy (non-hydrogen) atoms. The van der Waals surface area contributed by atoms with Crippen molar-refractivity contribution in [3.63, 3.8) is 0 Å². The van der Waals surface area contributed by atoms with Crippen molar-refractivity contribution in [2.24, 2.45) is 0 Å². The van der Waals surface area contributed by atoms with Crippen molar-refractivity contribution in [2.75, 3.05) is 18.4 Å². The molecular weight excluding hydrogens is 230 g/mol. The predicted molar refractivity (Wildman–Crippen MR) is 63.2 cm³/mol. The molecule has 1 aliphatic heterocycles. The van der Waals surface area contributed by atoms with Crippen LogP contribution in [0.2, 0.25) is 0 Å². The van der Waals surface area contributed by atoms with Crippen LogP contribution in [0.4, 0.5) is 14.5 Å². The second kappa shape index (κ2) is 5.50. The van der Waals surface area contributed by atoms with Crippen molar-refractivity contribution >= 4 is 17.4 Å². The number of halogens is 2. The fourth-order valence-corrected chi connectivity index (χ4v) is 2.39. The Morgan fingerprint density at radius 3 is 2.88 bits per heavy atom. The van der Waals surface area contributed by atoms with E-state index in [0.717, 1.165) is 25.2 Å². The van der Waals surface area contributed by atoms with Crippen LogP contribution >= 0.6 is 11.8 Å². The van der Waals surface area contributed by atoms with Crippen molar-refractivity contribution in [1.82, 2.24) is 5.32 Å². The summed E-state index contributed by atoms with van der Waals surface area (Å²) < 4.78 is 24.7. The first-order valence-electron chi connectivity index (χ1n) is 5.27. The van der Waals surface area contributed by atoms with Gasteiger partial charge in [-0.25, -0.2) is 0 Å². The molecule has 1 aliphatic rings. The summed E-state index contributed by atoms with van der Waals surface area (Å²) in [5.41, 5.74) is 0.807. The third-order valence-corrected chi connectivity index (χ3v) is 3.31. The van der Waals surface area contributed by atoms with Gasteiger partial charge in [-0.3, -0.25) is 0 Å². The Morgan fingerprint density at radius 1 is 1.38 bits per heavy atom. The fraction of sp³-hybridized carbons (Fsp3) is 0.455. The van der Waals surface area contributed by atoms with E-state index in [0.29, 0.717) is 22.7 Å². The van der Waals surface area contributed by atoms with E-state index in [-0.39, 0.29) is 0 Å². The lowest BCUT2D eigenvalue weighted by atomic mass is 10.2. The molecule has 0 bridgehead atoms. The maximum absolute atomic E-state index is 12.3. The molecule has 88 valence electrons. The summed E-state index contributed by atoms with van der Waals surface area (Å²) in [4.78, 5) is 0.615. The number of alkyl halides is 2. The van der Waals surface area contributed by atoms with E-state index in [1.54, 1.807) is 12.1 Å². The van der Waals surface area contributed by atoms with Gasteiger partial charge < -0.3 is 10.6 Å². The summed E-state index contributed by atoms with van der Waals surface area (Å²) in [5, 5.41) is 6.53. The van der Waals surface area contributed by atoms with E-state index in [2.05, 4.69) is 10.6 Å². The number of para-hydroxylation sites is 1. The van der Waals surface area contributed by atoms with Gasteiger partial charge in [-0.2, -0.15) is 8.78 Å². The van der Waals surface area contributed by atoms with E-state index in [4.69, 9.17) is 0 Å².